The van der Waals surface area contributed by atoms with Crippen molar-refractivity contribution in [3.8, 4) is 34.1 Å². The minimum absolute atomic E-state index is 0.0848. The van der Waals surface area contributed by atoms with Gasteiger partial charge < -0.3 is 22.8 Å². The van der Waals surface area contributed by atoms with Gasteiger partial charge in [0.15, 0.2) is 0 Å². The molecule has 0 heterocycles. The highest BCUT2D eigenvalue weighted by Crippen LogP contribution is 2.51. The zero-order valence-electron chi connectivity index (χ0n) is 26.9. The van der Waals surface area contributed by atoms with Crippen LogP contribution in [0.2, 0.25) is 0 Å². The lowest BCUT2D eigenvalue weighted by Crippen LogP contribution is -2.06. The number of benzene rings is 6. The molecular weight excluding hydrogens is 646 g/mol. The molecule has 0 fully saturated rings. The Hall–Kier alpha value is -4.71. The van der Waals surface area contributed by atoms with Gasteiger partial charge >= 0.3 is 5.97 Å². The second-order valence-corrected chi connectivity index (χ2v) is 12.0. The third-order valence-electron chi connectivity index (χ3n) is 7.85. The van der Waals surface area contributed by atoms with Crippen molar-refractivity contribution >= 4 is 45.6 Å². The molecule has 0 aliphatic carbocycles. The van der Waals surface area contributed by atoms with Gasteiger partial charge in [-0.25, -0.2) is 14.6 Å². The summed E-state index contributed by atoms with van der Waals surface area (Å²) in [6.45, 7) is 4.03. The third-order valence-corrected chi connectivity index (χ3v) is 9.03. The summed E-state index contributed by atoms with van der Waals surface area (Å²) < 4.78 is 30.6. The van der Waals surface area contributed by atoms with Crippen molar-refractivity contribution in [2.24, 2.45) is 0 Å². The molecule has 0 radical (unpaired) electrons. The summed E-state index contributed by atoms with van der Waals surface area (Å²) in [7, 11) is 1.92. The molecule has 0 aromatic heterocycles. The first-order chi connectivity index (χ1) is 23.5. The van der Waals surface area contributed by atoms with Gasteiger partial charge in [0.25, 0.3) is 18.1 Å². The zero-order valence-corrected chi connectivity index (χ0v) is 28.9. The van der Waals surface area contributed by atoms with Crippen molar-refractivity contribution in [2.75, 3.05) is 14.2 Å². The number of aryl methyl sites for hydroxylation is 2. The lowest BCUT2D eigenvalue weighted by atomic mass is 9.89. The molecule has 6 aromatic carbocycles. The van der Waals surface area contributed by atoms with Crippen LogP contribution in [0.4, 0.5) is 0 Å². The molecule has 2 atom stereocenters. The van der Waals surface area contributed by atoms with Gasteiger partial charge in [-0.15, -0.1) is 0 Å². The zero-order chi connectivity index (χ0) is 33.5. The van der Waals surface area contributed by atoms with Crippen molar-refractivity contribution in [3.05, 3.63) is 131 Å². The van der Waals surface area contributed by atoms with Crippen LogP contribution < -0.4 is 18.1 Å². The monoisotopic (exact) mass is 680 g/mol. The maximum atomic E-state index is 13.4. The topological polar surface area (TPSA) is 81.7 Å². The molecule has 6 aromatic rings. The van der Waals surface area contributed by atoms with Crippen LogP contribution in [-0.4, -0.2) is 20.2 Å². The first kappa shape index (κ1) is 33.2. The largest absolute Gasteiger partial charge is 0.465 e. The number of carbonyl (C=O) groups excluding carboxylic acids is 1. The Labute approximate surface area is 282 Å². The van der Waals surface area contributed by atoms with E-state index in [1.54, 1.807) is 6.07 Å². The van der Waals surface area contributed by atoms with E-state index in [2.05, 4.69) is 0 Å². The molecule has 0 amide bonds. The van der Waals surface area contributed by atoms with Crippen molar-refractivity contribution in [1.29, 1.82) is 0 Å². The number of ether oxygens (including phenoxy) is 1. The number of esters is 1. The van der Waals surface area contributed by atoms with Gasteiger partial charge in [0.05, 0.1) is 14.2 Å². The Morgan fingerprint density at radius 1 is 0.604 bits per heavy atom. The Morgan fingerprint density at radius 3 is 1.67 bits per heavy atom. The highest BCUT2D eigenvalue weighted by molar-refractivity contribution is 7.27. The fraction of sp³-hybridized carbons (Fsp3) is 0.132. The second-order valence-electron chi connectivity index (χ2n) is 10.8. The lowest BCUT2D eigenvalue weighted by molar-refractivity contribution is -0.282. The van der Waals surface area contributed by atoms with E-state index in [0.717, 1.165) is 32.7 Å². The number of hydrogen-bond donors (Lipinski definition) is 0. The Kier molecular flexibility index (Phi) is 10.7. The molecular formula is C38H34O8P2. The molecule has 0 N–H and O–H groups in total. The SMILES string of the molecule is COOCc1cc2ccccc2c(-c2c(OPOc3ccccc3C)c(C(=O)OC)cc3ccccc23)c1OPOc1ccccc1C. The molecule has 2 unspecified atom stereocenters. The molecule has 244 valence electrons. The number of fused-ring (bicyclic) bond motifs is 2. The van der Waals surface area contributed by atoms with E-state index in [0.29, 0.717) is 39.7 Å². The third kappa shape index (κ3) is 7.08. The van der Waals surface area contributed by atoms with Crippen molar-refractivity contribution in [3.63, 3.8) is 0 Å². The Bertz CT molecular complexity index is 2080. The molecule has 0 bridgehead atoms. The number of carbonyl (C=O) groups is 1. The predicted octanol–water partition coefficient (Wildman–Crippen LogP) is 10.1. The van der Waals surface area contributed by atoms with Gasteiger partial charge in [0.1, 0.15) is 35.2 Å². The van der Waals surface area contributed by atoms with Crippen LogP contribution >= 0.6 is 18.1 Å². The highest BCUT2D eigenvalue weighted by Gasteiger charge is 2.28. The first-order valence-corrected chi connectivity index (χ1v) is 16.8. The quantitative estimate of drug-likeness (QED) is 0.0516. The summed E-state index contributed by atoms with van der Waals surface area (Å²) in [6, 6.07) is 35.0. The van der Waals surface area contributed by atoms with Crippen LogP contribution in [0.1, 0.15) is 27.0 Å². The van der Waals surface area contributed by atoms with Gasteiger partial charge in [0.2, 0.25) is 0 Å². The Balaban J connectivity index is 1.59. The average Bonchev–Trinajstić information content (AvgIpc) is 3.11. The molecule has 0 aliphatic rings. The maximum absolute atomic E-state index is 13.4. The summed E-state index contributed by atoms with van der Waals surface area (Å²) in [5, 5.41) is 3.45. The number of hydrogen-bond acceptors (Lipinski definition) is 8. The molecule has 0 saturated heterocycles. The van der Waals surface area contributed by atoms with Gasteiger partial charge in [-0.2, -0.15) is 0 Å². The van der Waals surface area contributed by atoms with E-state index < -0.39 is 24.0 Å². The first-order valence-electron chi connectivity index (χ1n) is 15.1. The average molecular weight is 681 g/mol. The van der Waals surface area contributed by atoms with Gasteiger partial charge in [-0.05, 0) is 70.8 Å². The molecule has 8 nitrogen and oxygen atoms in total. The van der Waals surface area contributed by atoms with Crippen LogP contribution in [0.15, 0.2) is 109 Å². The van der Waals surface area contributed by atoms with Crippen molar-refractivity contribution in [2.45, 2.75) is 20.5 Å². The normalized spacial score (nSPS) is 11.5. The molecule has 0 spiro atoms. The van der Waals surface area contributed by atoms with Crippen LogP contribution in [0.5, 0.6) is 23.0 Å². The van der Waals surface area contributed by atoms with Crippen LogP contribution in [0.25, 0.3) is 32.7 Å². The summed E-state index contributed by atoms with van der Waals surface area (Å²) in [6.07, 6.45) is 0. The molecule has 48 heavy (non-hydrogen) atoms. The standard InChI is InChI=1S/C38H34O8P2/c1-24-13-5-11-19-32(24)43-47-45-36-28(23-42-41-4)21-26-15-7-9-17-29(26)34(36)35-30-18-10-8-16-27(30)22-31(38(39)40-3)37(35)46-48-44-33-20-12-6-14-25(33)2/h5-22,47-48H,23H2,1-4H3. The lowest BCUT2D eigenvalue weighted by Gasteiger charge is -2.23. The van der Waals surface area contributed by atoms with E-state index in [1.165, 1.54) is 14.2 Å². The van der Waals surface area contributed by atoms with Gasteiger partial charge in [-0.1, -0.05) is 84.9 Å². The maximum Gasteiger partial charge on any atom is 0.341 e. The molecule has 0 saturated carbocycles. The molecule has 6 rings (SSSR count). The second kappa shape index (κ2) is 15.5. The number of para-hydroxylation sites is 2. The van der Waals surface area contributed by atoms with Crippen LogP contribution in [-0.2, 0) is 21.1 Å². The molecule has 0 aliphatic heterocycles. The van der Waals surface area contributed by atoms with E-state index in [-0.39, 0.29) is 12.2 Å². The summed E-state index contributed by atoms with van der Waals surface area (Å²) in [4.78, 5) is 23.9. The fourth-order valence-electron chi connectivity index (χ4n) is 5.48. The fourth-order valence-corrected chi connectivity index (χ4v) is 6.81. The van der Waals surface area contributed by atoms with Crippen LogP contribution in [0, 0.1) is 13.8 Å². The number of rotatable bonds is 13. The van der Waals surface area contributed by atoms with Gasteiger partial charge in [0, 0.05) is 16.7 Å². The van der Waals surface area contributed by atoms with Crippen molar-refractivity contribution < 1.29 is 37.4 Å². The van der Waals surface area contributed by atoms with Crippen molar-refractivity contribution in [1.82, 2.24) is 0 Å². The van der Waals surface area contributed by atoms with Crippen LogP contribution in [0.3, 0.4) is 0 Å². The summed E-state index contributed by atoms with van der Waals surface area (Å²) in [5.41, 5.74) is 4.24. The van der Waals surface area contributed by atoms with Gasteiger partial charge in [-0.3, -0.25) is 0 Å². The van der Waals surface area contributed by atoms with E-state index in [1.807, 2.05) is 117 Å². The highest BCUT2D eigenvalue weighted by atomic mass is 31.1. The van der Waals surface area contributed by atoms with E-state index >= 15 is 0 Å². The Morgan fingerprint density at radius 2 is 1.10 bits per heavy atom. The van der Waals surface area contributed by atoms with E-state index in [4.69, 9.17) is 32.6 Å². The summed E-state index contributed by atoms with van der Waals surface area (Å²) >= 11 is 0. The number of methoxy groups -OCH3 is 1. The minimum atomic E-state index is -0.548. The molecule has 10 heteroatoms. The minimum Gasteiger partial charge on any atom is -0.465 e. The van der Waals surface area contributed by atoms with E-state index in [9.17, 15) is 4.79 Å². The smallest absolute Gasteiger partial charge is 0.341 e. The summed E-state index contributed by atoms with van der Waals surface area (Å²) in [5.74, 6) is 1.64. The predicted molar refractivity (Wildman–Crippen MR) is 192 cm³/mol.